The Morgan fingerprint density at radius 1 is 1.26 bits per heavy atom. The summed E-state index contributed by atoms with van der Waals surface area (Å²) in [6, 6.07) is 10.2. The summed E-state index contributed by atoms with van der Waals surface area (Å²) >= 11 is 1.18. The number of halogens is 1. The smallest absolute Gasteiger partial charge is 0.408 e. The topological polar surface area (TPSA) is 109 Å². The maximum Gasteiger partial charge on any atom is 0.408 e. The molecule has 1 aliphatic rings. The van der Waals surface area contributed by atoms with Crippen molar-refractivity contribution >= 4 is 35.4 Å². The van der Waals surface area contributed by atoms with Crippen molar-refractivity contribution in [3.05, 3.63) is 58.9 Å². The van der Waals surface area contributed by atoms with E-state index in [1.807, 2.05) is 6.07 Å². The third-order valence-corrected chi connectivity index (χ3v) is 5.97. The summed E-state index contributed by atoms with van der Waals surface area (Å²) in [5, 5.41) is 11.6. The molecule has 34 heavy (non-hydrogen) atoms. The predicted molar refractivity (Wildman–Crippen MR) is 124 cm³/mol. The lowest BCUT2D eigenvalue weighted by Gasteiger charge is -2.27. The van der Waals surface area contributed by atoms with E-state index < -0.39 is 35.4 Å². The molecule has 0 bridgehead atoms. The number of amides is 2. The van der Waals surface area contributed by atoms with Crippen molar-refractivity contribution in [1.29, 1.82) is 5.26 Å². The highest BCUT2D eigenvalue weighted by molar-refractivity contribution is 7.99. The van der Waals surface area contributed by atoms with Crippen molar-refractivity contribution < 1.29 is 28.2 Å². The van der Waals surface area contributed by atoms with Crippen molar-refractivity contribution in [2.45, 2.75) is 43.9 Å². The van der Waals surface area contributed by atoms with Crippen LogP contribution in [-0.4, -0.2) is 42.5 Å². The number of ether oxygens (including phenoxy) is 2. The van der Waals surface area contributed by atoms with Gasteiger partial charge < -0.3 is 19.7 Å². The number of nitrogens with one attached hydrogen (secondary N) is 1. The third kappa shape index (κ3) is 5.85. The first-order valence-corrected chi connectivity index (χ1v) is 11.4. The average Bonchev–Trinajstić information content (AvgIpc) is 2.89. The minimum absolute atomic E-state index is 0.0663. The van der Waals surface area contributed by atoms with Gasteiger partial charge in [0.1, 0.15) is 17.5 Å². The van der Waals surface area contributed by atoms with Gasteiger partial charge in [-0.05, 0) is 50.6 Å². The molecule has 8 nitrogen and oxygen atoms in total. The number of methoxy groups -OCH3 is 1. The summed E-state index contributed by atoms with van der Waals surface area (Å²) in [6.07, 6.45) is -0.753. The second-order valence-corrected chi connectivity index (χ2v) is 9.60. The summed E-state index contributed by atoms with van der Waals surface area (Å²) in [4.78, 5) is 39.8. The molecule has 0 saturated heterocycles. The third-order valence-electron chi connectivity index (χ3n) is 4.83. The molecule has 0 unspecified atom stereocenters. The molecule has 0 spiro atoms. The van der Waals surface area contributed by atoms with Crippen LogP contribution in [0.25, 0.3) is 0 Å². The molecule has 2 aromatic carbocycles. The summed E-state index contributed by atoms with van der Waals surface area (Å²) in [7, 11) is 1.14. The van der Waals surface area contributed by atoms with Crippen LogP contribution >= 0.6 is 11.8 Å². The molecule has 10 heteroatoms. The zero-order valence-corrected chi connectivity index (χ0v) is 20.0. The van der Waals surface area contributed by atoms with Gasteiger partial charge in [0.15, 0.2) is 0 Å². The Morgan fingerprint density at radius 3 is 2.53 bits per heavy atom. The maximum absolute atomic E-state index is 14.6. The highest BCUT2D eigenvalue weighted by Crippen LogP contribution is 2.37. The maximum atomic E-state index is 14.6. The van der Waals surface area contributed by atoms with Gasteiger partial charge in [-0.3, -0.25) is 4.79 Å². The van der Waals surface area contributed by atoms with Crippen LogP contribution in [0.4, 0.5) is 14.9 Å². The second-order valence-electron chi connectivity index (χ2n) is 8.53. The van der Waals surface area contributed by atoms with E-state index in [9.17, 15) is 18.8 Å². The van der Waals surface area contributed by atoms with E-state index in [1.165, 1.54) is 28.8 Å². The fourth-order valence-electron chi connectivity index (χ4n) is 3.27. The van der Waals surface area contributed by atoms with Gasteiger partial charge in [-0.2, -0.15) is 5.26 Å². The molecule has 178 valence electrons. The lowest BCUT2D eigenvalue weighted by Crippen LogP contribution is -2.50. The van der Waals surface area contributed by atoms with E-state index in [2.05, 4.69) is 10.1 Å². The fourth-order valence-corrected chi connectivity index (χ4v) is 4.35. The van der Waals surface area contributed by atoms with Crippen molar-refractivity contribution in [2.75, 3.05) is 17.8 Å². The molecule has 0 aliphatic carbocycles. The normalized spacial score (nSPS) is 15.6. The molecule has 3 rings (SSSR count). The number of thioether (sulfide) groups is 1. The zero-order chi connectivity index (χ0) is 25.0. The summed E-state index contributed by atoms with van der Waals surface area (Å²) in [5.41, 5.74) is 0.411. The Morgan fingerprint density at radius 2 is 1.94 bits per heavy atom. The predicted octanol–water partition coefficient (Wildman–Crippen LogP) is 4.02. The number of alkyl carbamates (subject to hydrolysis) is 1. The van der Waals surface area contributed by atoms with Crippen molar-refractivity contribution in [3.8, 4) is 6.07 Å². The number of anilines is 1. The summed E-state index contributed by atoms with van der Waals surface area (Å²) in [6.45, 7) is 5.19. The number of hydrogen-bond acceptors (Lipinski definition) is 7. The van der Waals surface area contributed by atoms with E-state index >= 15 is 0 Å². The van der Waals surface area contributed by atoms with Gasteiger partial charge >= 0.3 is 12.1 Å². The molecule has 0 radical (unpaired) electrons. The van der Waals surface area contributed by atoms with Crippen LogP contribution in [0.15, 0.2) is 41.3 Å². The number of benzene rings is 2. The van der Waals surface area contributed by atoms with Crippen LogP contribution in [-0.2, 0) is 20.8 Å². The van der Waals surface area contributed by atoms with Crippen LogP contribution in [0.5, 0.6) is 0 Å². The van der Waals surface area contributed by atoms with Gasteiger partial charge in [0.2, 0.25) is 0 Å². The fraction of sp³-hybridized carbons (Fsp3) is 0.333. The molecular weight excluding hydrogens is 461 g/mol. The summed E-state index contributed by atoms with van der Waals surface area (Å²) < 4.78 is 24.6. The van der Waals surface area contributed by atoms with Crippen LogP contribution in [0, 0.1) is 17.1 Å². The Bertz CT molecular complexity index is 1150. The number of nitrogens with zero attached hydrogens (tertiary/aromatic N) is 2. The van der Waals surface area contributed by atoms with Gasteiger partial charge in [0.25, 0.3) is 5.91 Å². The minimum atomic E-state index is -0.963. The van der Waals surface area contributed by atoms with Gasteiger partial charge in [0.05, 0.1) is 36.5 Å². The van der Waals surface area contributed by atoms with E-state index in [0.717, 1.165) is 7.11 Å². The highest BCUT2D eigenvalue weighted by Gasteiger charge is 2.34. The van der Waals surface area contributed by atoms with Gasteiger partial charge in [-0.25, -0.2) is 14.0 Å². The van der Waals surface area contributed by atoms with Gasteiger partial charge in [0, 0.05) is 10.6 Å². The van der Waals surface area contributed by atoms with Gasteiger partial charge in [-0.15, -0.1) is 11.8 Å². The van der Waals surface area contributed by atoms with Crippen LogP contribution in [0.3, 0.4) is 0 Å². The van der Waals surface area contributed by atoms with E-state index in [0.29, 0.717) is 21.7 Å². The lowest BCUT2D eigenvalue weighted by molar-refractivity contribution is -0.120. The summed E-state index contributed by atoms with van der Waals surface area (Å²) in [5.74, 6) is -1.97. The molecule has 1 aliphatic heterocycles. The van der Waals surface area contributed by atoms with Gasteiger partial charge in [-0.1, -0.05) is 12.1 Å². The molecule has 0 saturated carbocycles. The van der Waals surface area contributed by atoms with E-state index in [1.54, 1.807) is 45.0 Å². The Balaban J connectivity index is 2.01. The number of fused-ring (bicyclic) bond motifs is 1. The van der Waals surface area contributed by atoms with Crippen LogP contribution < -0.4 is 10.2 Å². The number of nitriles is 1. The van der Waals surface area contributed by atoms with Crippen molar-refractivity contribution in [1.82, 2.24) is 5.32 Å². The lowest BCUT2D eigenvalue weighted by atomic mass is 10.1. The molecule has 1 heterocycles. The monoisotopic (exact) mass is 485 g/mol. The molecule has 0 fully saturated rings. The SMILES string of the molecule is COC(=O)c1cc2c(cc1F)SC[C@H](NC(=O)OC(C)(C)C)C(=O)N2Cc1ccc(C#N)cc1. The molecular formula is C24H24FN3O5S. The Hall–Kier alpha value is -3.58. The first-order valence-electron chi connectivity index (χ1n) is 10.4. The molecule has 2 amide bonds. The Kier molecular flexibility index (Phi) is 7.47. The van der Waals surface area contributed by atoms with Crippen molar-refractivity contribution in [2.24, 2.45) is 0 Å². The number of carbonyl (C=O) groups excluding carboxylic acids is 3. The average molecular weight is 486 g/mol. The second kappa shape index (κ2) is 10.1. The zero-order valence-electron chi connectivity index (χ0n) is 19.2. The van der Waals surface area contributed by atoms with E-state index in [4.69, 9.17) is 10.00 Å². The highest BCUT2D eigenvalue weighted by atomic mass is 32.2. The molecule has 2 aromatic rings. The number of hydrogen-bond donors (Lipinski definition) is 1. The number of carbonyl (C=O) groups is 3. The quantitative estimate of drug-likeness (QED) is 0.652. The molecule has 1 N–H and O–H groups in total. The van der Waals surface area contributed by atoms with E-state index in [-0.39, 0.29) is 17.9 Å². The minimum Gasteiger partial charge on any atom is -0.465 e. The molecule has 0 aromatic heterocycles. The first-order chi connectivity index (χ1) is 16.0. The van der Waals surface area contributed by atoms with Crippen LogP contribution in [0.1, 0.15) is 42.3 Å². The standard InChI is InChI=1S/C24H24FN3O5S/c1-24(2,3)33-23(31)27-18-13-34-20-10-17(25)16(22(30)32-4)9-19(20)28(21(18)29)12-15-7-5-14(11-26)6-8-15/h5-10,18H,12-13H2,1-4H3,(H,27,31)/t18-/m0/s1. The largest absolute Gasteiger partial charge is 0.465 e. The molecule has 1 atom stereocenters. The number of rotatable bonds is 4. The van der Waals surface area contributed by atoms with Crippen molar-refractivity contribution in [3.63, 3.8) is 0 Å². The number of esters is 1. The van der Waals surface area contributed by atoms with Crippen LogP contribution in [0.2, 0.25) is 0 Å². The first kappa shape index (κ1) is 25.1. The Labute approximate surface area is 201 Å².